The van der Waals surface area contributed by atoms with E-state index in [-0.39, 0.29) is 23.1 Å². The predicted octanol–water partition coefficient (Wildman–Crippen LogP) is 6.01. The van der Waals surface area contributed by atoms with Crippen LogP contribution in [0.4, 0.5) is 10.7 Å². The summed E-state index contributed by atoms with van der Waals surface area (Å²) >= 11 is 7.17. The number of anilines is 2. The molecule has 0 bridgehead atoms. The van der Waals surface area contributed by atoms with Crippen molar-refractivity contribution in [3.63, 3.8) is 0 Å². The van der Waals surface area contributed by atoms with Crippen molar-refractivity contribution in [1.29, 1.82) is 0 Å². The van der Waals surface area contributed by atoms with Crippen LogP contribution in [-0.2, 0) is 4.74 Å². The number of rotatable bonds is 6. The van der Waals surface area contributed by atoms with Gasteiger partial charge in [0.1, 0.15) is 5.00 Å². The molecule has 166 valence electrons. The van der Waals surface area contributed by atoms with E-state index in [0.717, 1.165) is 22.5 Å². The van der Waals surface area contributed by atoms with E-state index in [4.69, 9.17) is 16.3 Å². The molecule has 8 heteroatoms. The van der Waals surface area contributed by atoms with Gasteiger partial charge >= 0.3 is 5.97 Å². The van der Waals surface area contributed by atoms with E-state index < -0.39 is 11.9 Å². The molecule has 0 aliphatic carbocycles. The van der Waals surface area contributed by atoms with Crippen molar-refractivity contribution < 1.29 is 19.1 Å². The Kier molecular flexibility index (Phi) is 7.33. The minimum absolute atomic E-state index is 0.169. The molecule has 0 fully saturated rings. The molecule has 6 nitrogen and oxygen atoms in total. The number of nitrogens with one attached hydrogen (secondary N) is 2. The molecule has 1 aromatic heterocycles. The first-order chi connectivity index (χ1) is 15.2. The van der Waals surface area contributed by atoms with Gasteiger partial charge in [-0.2, -0.15) is 0 Å². The minimum Gasteiger partial charge on any atom is -0.462 e. The fraction of sp³-hybridized carbons (Fsp3) is 0.208. The molecule has 2 amide bonds. The van der Waals surface area contributed by atoms with Gasteiger partial charge in [0, 0.05) is 16.3 Å². The lowest BCUT2D eigenvalue weighted by atomic mass is 10.1. The lowest BCUT2D eigenvalue weighted by Crippen LogP contribution is -2.15. The highest BCUT2D eigenvalue weighted by atomic mass is 35.5. The SMILES string of the molecule is CCOC(=O)c1c(NC(=O)c2cccc(C)c2)sc(C(=O)Nc2ccc(C)c(Cl)c2)c1C. The minimum atomic E-state index is -0.599. The number of benzene rings is 2. The van der Waals surface area contributed by atoms with Crippen LogP contribution in [0.3, 0.4) is 0 Å². The van der Waals surface area contributed by atoms with Gasteiger partial charge in [0.15, 0.2) is 0 Å². The van der Waals surface area contributed by atoms with E-state index in [0.29, 0.717) is 26.7 Å². The fourth-order valence-corrected chi connectivity index (χ4v) is 4.35. The van der Waals surface area contributed by atoms with Crippen LogP contribution in [0.5, 0.6) is 0 Å². The summed E-state index contributed by atoms with van der Waals surface area (Å²) in [6.07, 6.45) is 0. The lowest BCUT2D eigenvalue weighted by Gasteiger charge is -2.07. The van der Waals surface area contributed by atoms with Gasteiger partial charge in [-0.15, -0.1) is 11.3 Å². The van der Waals surface area contributed by atoms with E-state index in [1.807, 2.05) is 19.9 Å². The number of esters is 1. The molecule has 0 spiro atoms. The van der Waals surface area contributed by atoms with Crippen LogP contribution >= 0.6 is 22.9 Å². The van der Waals surface area contributed by atoms with Crippen LogP contribution in [0.1, 0.15) is 54.0 Å². The Morgan fingerprint density at radius 1 is 1.00 bits per heavy atom. The van der Waals surface area contributed by atoms with Crippen LogP contribution < -0.4 is 10.6 Å². The normalized spacial score (nSPS) is 10.5. The predicted molar refractivity (Wildman–Crippen MR) is 128 cm³/mol. The zero-order valence-electron chi connectivity index (χ0n) is 18.2. The number of aryl methyl sites for hydroxylation is 2. The molecule has 3 aromatic rings. The molecule has 3 rings (SSSR count). The van der Waals surface area contributed by atoms with Crippen molar-refractivity contribution in [3.05, 3.63) is 80.2 Å². The lowest BCUT2D eigenvalue weighted by molar-refractivity contribution is 0.0527. The summed E-state index contributed by atoms with van der Waals surface area (Å²) in [4.78, 5) is 38.7. The summed E-state index contributed by atoms with van der Waals surface area (Å²) in [5, 5.41) is 6.36. The Hall–Kier alpha value is -3.16. The van der Waals surface area contributed by atoms with Gasteiger partial charge in [-0.1, -0.05) is 35.4 Å². The van der Waals surface area contributed by atoms with E-state index in [2.05, 4.69) is 10.6 Å². The Morgan fingerprint density at radius 2 is 1.75 bits per heavy atom. The van der Waals surface area contributed by atoms with Gasteiger partial charge in [-0.05, 0) is 63.1 Å². The Morgan fingerprint density at radius 3 is 2.41 bits per heavy atom. The maximum absolute atomic E-state index is 13.0. The fourth-order valence-electron chi connectivity index (χ4n) is 3.09. The maximum atomic E-state index is 13.0. The second-order valence-corrected chi connectivity index (χ2v) is 8.65. The molecule has 0 atom stereocenters. The number of ether oxygens (including phenoxy) is 1. The number of carbonyl (C=O) groups excluding carboxylic acids is 3. The van der Waals surface area contributed by atoms with Crippen molar-refractivity contribution in [2.45, 2.75) is 27.7 Å². The van der Waals surface area contributed by atoms with Crippen LogP contribution in [-0.4, -0.2) is 24.4 Å². The Labute approximate surface area is 195 Å². The van der Waals surface area contributed by atoms with Gasteiger partial charge in [0.05, 0.1) is 17.0 Å². The molecule has 2 N–H and O–H groups in total. The summed E-state index contributed by atoms with van der Waals surface area (Å²) < 4.78 is 5.16. The standard InChI is InChI=1S/C24H23ClN2O4S/c1-5-31-24(30)19-15(4)20(22(29)26-17-10-9-14(3)18(25)12-17)32-23(19)27-21(28)16-8-6-7-13(2)11-16/h6-12H,5H2,1-4H3,(H,26,29)(H,27,28). The summed E-state index contributed by atoms with van der Waals surface area (Å²) in [6, 6.07) is 12.3. The average molecular weight is 471 g/mol. The van der Waals surface area contributed by atoms with Crippen LogP contribution in [0.2, 0.25) is 5.02 Å². The van der Waals surface area contributed by atoms with Crippen LogP contribution in [0.25, 0.3) is 0 Å². The van der Waals surface area contributed by atoms with Gasteiger partial charge in [0.25, 0.3) is 11.8 Å². The second-order valence-electron chi connectivity index (χ2n) is 7.22. The smallest absolute Gasteiger partial charge is 0.341 e. The van der Waals surface area contributed by atoms with E-state index in [9.17, 15) is 14.4 Å². The van der Waals surface area contributed by atoms with Crippen molar-refractivity contribution in [2.75, 3.05) is 17.2 Å². The highest BCUT2D eigenvalue weighted by Crippen LogP contribution is 2.35. The topological polar surface area (TPSA) is 84.5 Å². The van der Waals surface area contributed by atoms with Gasteiger partial charge in [-0.3, -0.25) is 9.59 Å². The Balaban J connectivity index is 1.95. The van der Waals surface area contributed by atoms with Gasteiger partial charge < -0.3 is 15.4 Å². The van der Waals surface area contributed by atoms with Crippen LogP contribution in [0.15, 0.2) is 42.5 Å². The number of halogens is 1. The first-order valence-corrected chi connectivity index (χ1v) is 11.2. The van der Waals surface area contributed by atoms with E-state index in [1.165, 1.54) is 0 Å². The van der Waals surface area contributed by atoms with Gasteiger partial charge in [-0.25, -0.2) is 4.79 Å². The molecule has 0 aliphatic rings. The molecule has 2 aromatic carbocycles. The molecule has 0 saturated carbocycles. The maximum Gasteiger partial charge on any atom is 0.341 e. The number of hydrogen-bond acceptors (Lipinski definition) is 5. The molecule has 0 radical (unpaired) electrons. The summed E-state index contributed by atoms with van der Waals surface area (Å²) in [5.74, 6) is -1.38. The third-order valence-corrected chi connectivity index (χ3v) is 6.38. The zero-order chi connectivity index (χ0) is 23.4. The number of carbonyl (C=O) groups is 3. The van der Waals surface area contributed by atoms with E-state index in [1.54, 1.807) is 50.2 Å². The molecular formula is C24H23ClN2O4S. The number of amides is 2. The Bertz CT molecular complexity index is 1200. The first-order valence-electron chi connectivity index (χ1n) is 9.97. The number of hydrogen-bond donors (Lipinski definition) is 2. The number of thiophene rings is 1. The average Bonchev–Trinajstić information content (AvgIpc) is 3.06. The zero-order valence-corrected chi connectivity index (χ0v) is 19.7. The largest absolute Gasteiger partial charge is 0.462 e. The third-order valence-electron chi connectivity index (χ3n) is 4.77. The molecule has 1 heterocycles. The third kappa shape index (κ3) is 5.18. The monoisotopic (exact) mass is 470 g/mol. The van der Waals surface area contributed by atoms with Gasteiger partial charge in [0.2, 0.25) is 0 Å². The van der Waals surface area contributed by atoms with Crippen molar-refractivity contribution in [3.8, 4) is 0 Å². The van der Waals surface area contributed by atoms with Crippen molar-refractivity contribution >= 4 is 51.4 Å². The quantitative estimate of drug-likeness (QED) is 0.432. The summed E-state index contributed by atoms with van der Waals surface area (Å²) in [6.45, 7) is 7.27. The summed E-state index contributed by atoms with van der Waals surface area (Å²) in [5.41, 5.74) is 3.41. The first kappa shape index (κ1) is 23.5. The van der Waals surface area contributed by atoms with Crippen molar-refractivity contribution in [1.82, 2.24) is 0 Å². The molecule has 0 aliphatic heterocycles. The summed E-state index contributed by atoms with van der Waals surface area (Å²) in [7, 11) is 0. The van der Waals surface area contributed by atoms with E-state index >= 15 is 0 Å². The molecular weight excluding hydrogens is 448 g/mol. The van der Waals surface area contributed by atoms with Crippen molar-refractivity contribution in [2.24, 2.45) is 0 Å². The highest BCUT2D eigenvalue weighted by Gasteiger charge is 2.27. The molecule has 0 saturated heterocycles. The molecule has 0 unspecified atom stereocenters. The highest BCUT2D eigenvalue weighted by molar-refractivity contribution is 7.19. The molecule has 32 heavy (non-hydrogen) atoms. The second kappa shape index (κ2) is 9.97. The van der Waals surface area contributed by atoms with Crippen LogP contribution in [0, 0.1) is 20.8 Å².